The second-order valence-corrected chi connectivity index (χ2v) is 11.5. The molecule has 0 aliphatic rings. The molecular weight excluding hydrogens is 549 g/mol. The fourth-order valence-electron chi connectivity index (χ4n) is 3.35. The van der Waals surface area contributed by atoms with Gasteiger partial charge >= 0.3 is 0 Å². The first-order valence-electron chi connectivity index (χ1n) is 11.1. The largest absolute Gasteiger partial charge is 0.495 e. The number of ether oxygens (including phenoxy) is 1. The molecule has 0 aliphatic carbocycles. The molecule has 0 fully saturated rings. The van der Waals surface area contributed by atoms with Gasteiger partial charge in [-0.3, -0.25) is 13.9 Å². The maximum atomic E-state index is 13.7. The zero-order chi connectivity index (χ0) is 27.2. The van der Waals surface area contributed by atoms with Gasteiger partial charge in [0, 0.05) is 33.2 Å². The molecule has 0 saturated heterocycles. The van der Waals surface area contributed by atoms with Crippen LogP contribution in [-0.4, -0.2) is 57.1 Å². The maximum absolute atomic E-state index is 13.7. The SMILES string of the molecule is CCC(C)NC(=O)C(C)N(Cc1c(Cl)cccc1Cl)C(=O)CN(c1cc(Cl)ccc1OC)S(C)(=O)=O. The van der Waals surface area contributed by atoms with Gasteiger partial charge < -0.3 is 15.0 Å². The molecule has 8 nitrogen and oxygen atoms in total. The van der Waals surface area contributed by atoms with E-state index in [2.05, 4.69) is 5.32 Å². The summed E-state index contributed by atoms with van der Waals surface area (Å²) in [6.07, 6.45) is 1.66. The highest BCUT2D eigenvalue weighted by Crippen LogP contribution is 2.33. The smallest absolute Gasteiger partial charge is 0.244 e. The van der Waals surface area contributed by atoms with Crippen molar-refractivity contribution >= 4 is 62.3 Å². The minimum Gasteiger partial charge on any atom is -0.495 e. The van der Waals surface area contributed by atoms with E-state index in [4.69, 9.17) is 39.5 Å². The topological polar surface area (TPSA) is 96.0 Å². The molecule has 0 spiro atoms. The summed E-state index contributed by atoms with van der Waals surface area (Å²) in [5.74, 6) is -0.835. The van der Waals surface area contributed by atoms with Gasteiger partial charge in [-0.2, -0.15) is 0 Å². The van der Waals surface area contributed by atoms with Crippen LogP contribution >= 0.6 is 34.8 Å². The van der Waals surface area contributed by atoms with Crippen LogP contribution < -0.4 is 14.4 Å². The van der Waals surface area contributed by atoms with Crippen LogP contribution in [0, 0.1) is 0 Å². The summed E-state index contributed by atoms with van der Waals surface area (Å²) in [4.78, 5) is 27.9. The van der Waals surface area contributed by atoms with Crippen LogP contribution in [0.4, 0.5) is 5.69 Å². The van der Waals surface area contributed by atoms with E-state index < -0.39 is 34.4 Å². The molecule has 198 valence electrons. The van der Waals surface area contributed by atoms with Gasteiger partial charge in [0.05, 0.1) is 19.1 Å². The van der Waals surface area contributed by atoms with Crippen molar-refractivity contribution in [2.75, 3.05) is 24.2 Å². The van der Waals surface area contributed by atoms with E-state index >= 15 is 0 Å². The molecule has 0 bridgehead atoms. The predicted molar refractivity (Wildman–Crippen MR) is 145 cm³/mol. The molecule has 0 heterocycles. The Labute approximate surface area is 227 Å². The van der Waals surface area contributed by atoms with E-state index in [1.54, 1.807) is 31.2 Å². The van der Waals surface area contributed by atoms with Crippen LogP contribution in [0.15, 0.2) is 36.4 Å². The molecule has 1 N–H and O–H groups in total. The number of rotatable bonds is 11. The number of carbonyl (C=O) groups is 2. The van der Waals surface area contributed by atoms with Gasteiger partial charge in [0.25, 0.3) is 0 Å². The first-order valence-corrected chi connectivity index (χ1v) is 14.1. The van der Waals surface area contributed by atoms with E-state index in [-0.39, 0.29) is 29.0 Å². The van der Waals surface area contributed by atoms with Crippen LogP contribution in [0.25, 0.3) is 0 Å². The fourth-order valence-corrected chi connectivity index (χ4v) is 4.88. The summed E-state index contributed by atoms with van der Waals surface area (Å²) < 4.78 is 31.7. The monoisotopic (exact) mass is 577 g/mol. The van der Waals surface area contributed by atoms with Crippen molar-refractivity contribution in [1.82, 2.24) is 10.2 Å². The Bertz CT molecular complexity index is 1190. The standard InChI is InChI=1S/C24H30Cl3N3O5S/c1-6-15(2)28-24(32)16(3)29(13-18-19(26)8-7-9-20(18)27)23(31)14-30(36(5,33)34)21-12-17(25)10-11-22(21)35-4/h7-12,15-16H,6,13-14H2,1-5H3,(H,28,32). The summed E-state index contributed by atoms with van der Waals surface area (Å²) >= 11 is 18.8. The Kier molecular flexibility index (Phi) is 10.7. The molecule has 0 saturated carbocycles. The van der Waals surface area contributed by atoms with Crippen molar-refractivity contribution < 1.29 is 22.7 Å². The summed E-state index contributed by atoms with van der Waals surface area (Å²) in [5.41, 5.74) is 0.525. The lowest BCUT2D eigenvalue weighted by Gasteiger charge is -2.32. The number of nitrogens with one attached hydrogen (secondary N) is 1. The Morgan fingerprint density at radius 2 is 1.69 bits per heavy atom. The molecule has 12 heteroatoms. The molecular formula is C24H30Cl3N3O5S. The van der Waals surface area contributed by atoms with Gasteiger partial charge in [-0.05, 0) is 50.6 Å². The first-order chi connectivity index (χ1) is 16.8. The number of hydrogen-bond donors (Lipinski definition) is 1. The molecule has 2 aromatic carbocycles. The highest BCUT2D eigenvalue weighted by molar-refractivity contribution is 7.92. The Balaban J connectivity index is 2.52. The normalized spacial score (nSPS) is 13.0. The molecule has 2 unspecified atom stereocenters. The predicted octanol–water partition coefficient (Wildman–Crippen LogP) is 4.75. The molecule has 2 rings (SSSR count). The van der Waals surface area contributed by atoms with Gasteiger partial charge in [0.2, 0.25) is 21.8 Å². The Hall–Kier alpha value is -2.20. The molecule has 2 atom stereocenters. The van der Waals surface area contributed by atoms with Crippen molar-refractivity contribution in [3.63, 3.8) is 0 Å². The number of carbonyl (C=O) groups excluding carboxylic acids is 2. The number of nitrogens with zero attached hydrogens (tertiary/aromatic N) is 2. The van der Waals surface area contributed by atoms with Gasteiger partial charge in [0.1, 0.15) is 18.3 Å². The number of benzene rings is 2. The summed E-state index contributed by atoms with van der Waals surface area (Å²) in [7, 11) is -2.58. The van der Waals surface area contributed by atoms with Crippen LogP contribution in [0.3, 0.4) is 0 Å². The average molecular weight is 579 g/mol. The van der Waals surface area contributed by atoms with E-state index in [1.807, 2.05) is 13.8 Å². The van der Waals surface area contributed by atoms with E-state index in [9.17, 15) is 18.0 Å². The minimum absolute atomic E-state index is 0.0910. The third-order valence-corrected chi connectivity index (χ3v) is 7.72. The maximum Gasteiger partial charge on any atom is 0.244 e. The zero-order valence-corrected chi connectivity index (χ0v) is 23.8. The number of hydrogen-bond acceptors (Lipinski definition) is 5. The van der Waals surface area contributed by atoms with Crippen LogP contribution in [-0.2, 0) is 26.2 Å². The quantitative estimate of drug-likeness (QED) is 0.415. The molecule has 0 aliphatic heterocycles. The highest BCUT2D eigenvalue weighted by Gasteiger charge is 2.32. The zero-order valence-electron chi connectivity index (χ0n) is 20.7. The molecule has 36 heavy (non-hydrogen) atoms. The first kappa shape index (κ1) is 30.0. The van der Waals surface area contributed by atoms with Crippen molar-refractivity contribution in [2.45, 2.75) is 45.8 Å². The second kappa shape index (κ2) is 12.9. The van der Waals surface area contributed by atoms with Gasteiger partial charge in [0.15, 0.2) is 0 Å². The lowest BCUT2D eigenvalue weighted by molar-refractivity contribution is -0.139. The number of sulfonamides is 1. The van der Waals surface area contributed by atoms with Gasteiger partial charge in [-0.15, -0.1) is 0 Å². The number of amides is 2. The highest BCUT2D eigenvalue weighted by atomic mass is 35.5. The summed E-state index contributed by atoms with van der Waals surface area (Å²) in [5, 5.41) is 3.73. The molecule has 2 amide bonds. The number of methoxy groups -OCH3 is 1. The lowest BCUT2D eigenvalue weighted by Crippen LogP contribution is -2.52. The van der Waals surface area contributed by atoms with E-state index in [0.29, 0.717) is 22.0 Å². The van der Waals surface area contributed by atoms with Gasteiger partial charge in [-0.25, -0.2) is 8.42 Å². The summed E-state index contributed by atoms with van der Waals surface area (Å²) in [6.45, 7) is 4.60. The summed E-state index contributed by atoms with van der Waals surface area (Å²) in [6, 6.07) is 8.26. The third kappa shape index (κ3) is 7.65. The van der Waals surface area contributed by atoms with E-state index in [1.165, 1.54) is 24.1 Å². The van der Waals surface area contributed by atoms with Crippen LogP contribution in [0.1, 0.15) is 32.8 Å². The molecule has 0 aromatic heterocycles. The number of anilines is 1. The Morgan fingerprint density at radius 1 is 1.08 bits per heavy atom. The van der Waals surface area contributed by atoms with Crippen LogP contribution in [0.2, 0.25) is 15.1 Å². The van der Waals surface area contributed by atoms with E-state index in [0.717, 1.165) is 10.6 Å². The van der Waals surface area contributed by atoms with Gasteiger partial charge in [-0.1, -0.05) is 47.8 Å². The van der Waals surface area contributed by atoms with Crippen molar-refractivity contribution in [2.24, 2.45) is 0 Å². The second-order valence-electron chi connectivity index (χ2n) is 8.30. The average Bonchev–Trinajstić information content (AvgIpc) is 2.80. The fraction of sp³-hybridized carbons (Fsp3) is 0.417. The van der Waals surface area contributed by atoms with Crippen molar-refractivity contribution in [1.29, 1.82) is 0 Å². The minimum atomic E-state index is -3.96. The molecule has 0 radical (unpaired) electrons. The third-order valence-electron chi connectivity index (χ3n) is 5.65. The van der Waals surface area contributed by atoms with Crippen LogP contribution in [0.5, 0.6) is 5.75 Å². The molecule has 2 aromatic rings. The lowest BCUT2D eigenvalue weighted by atomic mass is 10.1. The number of halogens is 3. The van der Waals surface area contributed by atoms with Crippen molar-refractivity contribution in [3.05, 3.63) is 57.0 Å². The Morgan fingerprint density at radius 3 is 2.22 bits per heavy atom. The van der Waals surface area contributed by atoms with Crippen molar-refractivity contribution in [3.8, 4) is 5.75 Å².